The maximum atomic E-state index is 13.9. The molecule has 0 aromatic heterocycles. The molecule has 6 heteroatoms. The van der Waals surface area contributed by atoms with Crippen molar-refractivity contribution in [1.82, 2.24) is 10.2 Å². The average molecular weight is 398 g/mol. The number of nitrogens with zero attached hydrogens (tertiary/aromatic N) is 1. The van der Waals surface area contributed by atoms with Crippen LogP contribution in [0.1, 0.15) is 36.9 Å². The third-order valence-corrected chi connectivity index (χ3v) is 5.76. The normalized spacial score (nSPS) is 17.9. The van der Waals surface area contributed by atoms with Crippen LogP contribution in [0.4, 0.5) is 4.39 Å². The second kappa shape index (κ2) is 8.82. The zero-order valence-corrected chi connectivity index (χ0v) is 16.7. The van der Waals surface area contributed by atoms with Crippen LogP contribution in [0, 0.1) is 11.7 Å². The highest BCUT2D eigenvalue weighted by Crippen LogP contribution is 2.36. The lowest BCUT2D eigenvalue weighted by molar-refractivity contribution is -0.124. The van der Waals surface area contributed by atoms with Crippen molar-refractivity contribution in [3.8, 4) is 11.5 Å². The number of carbonyl (C=O) groups excluding carboxylic acids is 1. The lowest BCUT2D eigenvalue weighted by Gasteiger charge is -2.29. The largest absolute Gasteiger partial charge is 0.454 e. The van der Waals surface area contributed by atoms with Crippen molar-refractivity contribution >= 4 is 5.91 Å². The Morgan fingerprint density at radius 2 is 1.90 bits per heavy atom. The van der Waals surface area contributed by atoms with E-state index in [-0.39, 0.29) is 30.5 Å². The first kappa shape index (κ1) is 19.7. The van der Waals surface area contributed by atoms with Gasteiger partial charge < -0.3 is 14.8 Å². The highest BCUT2D eigenvalue weighted by atomic mass is 19.1. The number of ether oxygens (including phenoxy) is 2. The number of halogens is 1. The van der Waals surface area contributed by atoms with Gasteiger partial charge in [0, 0.05) is 12.5 Å². The lowest BCUT2D eigenvalue weighted by Crippen LogP contribution is -2.39. The summed E-state index contributed by atoms with van der Waals surface area (Å²) in [4.78, 5) is 15.1. The van der Waals surface area contributed by atoms with E-state index in [0.29, 0.717) is 18.5 Å². The smallest absolute Gasteiger partial charge is 0.231 e. The summed E-state index contributed by atoms with van der Waals surface area (Å²) in [6.45, 7) is 4.63. The van der Waals surface area contributed by atoms with Crippen LogP contribution in [0.5, 0.6) is 11.5 Å². The standard InChI is InChI=1S/C23H27FN2O3/c1-16(12-17-6-2-3-7-19(17)24)23(27)25-14-20(26-10-4-5-11-26)18-8-9-21-22(13-18)29-15-28-21/h2-3,6-9,13,16,20H,4-5,10-12,14-15H2,1H3,(H,25,27). The van der Waals surface area contributed by atoms with Crippen LogP contribution in [0.25, 0.3) is 0 Å². The molecule has 1 N–H and O–H groups in total. The number of benzene rings is 2. The van der Waals surface area contributed by atoms with E-state index in [1.165, 1.54) is 18.9 Å². The molecule has 0 radical (unpaired) electrons. The molecule has 2 aromatic rings. The van der Waals surface area contributed by atoms with Crippen LogP contribution < -0.4 is 14.8 Å². The molecular weight excluding hydrogens is 371 g/mol. The van der Waals surface area contributed by atoms with Gasteiger partial charge in [-0.15, -0.1) is 0 Å². The van der Waals surface area contributed by atoms with Gasteiger partial charge in [-0.1, -0.05) is 31.2 Å². The van der Waals surface area contributed by atoms with Crippen molar-refractivity contribution in [2.24, 2.45) is 5.92 Å². The van der Waals surface area contributed by atoms with E-state index >= 15 is 0 Å². The van der Waals surface area contributed by atoms with Crippen molar-refractivity contribution in [3.63, 3.8) is 0 Å². The first-order chi connectivity index (χ1) is 14.1. The fourth-order valence-corrected chi connectivity index (χ4v) is 4.09. The Labute approximate surface area is 170 Å². The molecule has 1 amide bonds. The molecule has 2 aromatic carbocycles. The molecule has 2 aliphatic heterocycles. The van der Waals surface area contributed by atoms with Gasteiger partial charge >= 0.3 is 0 Å². The van der Waals surface area contributed by atoms with E-state index in [1.54, 1.807) is 18.2 Å². The van der Waals surface area contributed by atoms with E-state index in [9.17, 15) is 9.18 Å². The Morgan fingerprint density at radius 3 is 2.69 bits per heavy atom. The maximum absolute atomic E-state index is 13.9. The lowest BCUT2D eigenvalue weighted by atomic mass is 9.99. The van der Waals surface area contributed by atoms with Crippen molar-refractivity contribution in [1.29, 1.82) is 0 Å². The number of amides is 1. The Morgan fingerprint density at radius 1 is 1.14 bits per heavy atom. The molecule has 0 spiro atoms. The third-order valence-electron chi connectivity index (χ3n) is 5.76. The highest BCUT2D eigenvalue weighted by molar-refractivity contribution is 5.78. The van der Waals surface area contributed by atoms with Crippen molar-refractivity contribution in [2.75, 3.05) is 26.4 Å². The first-order valence-corrected chi connectivity index (χ1v) is 10.3. The summed E-state index contributed by atoms with van der Waals surface area (Å²) in [7, 11) is 0. The van der Waals surface area contributed by atoms with E-state index in [1.807, 2.05) is 25.1 Å². The van der Waals surface area contributed by atoms with Crippen molar-refractivity contribution in [2.45, 2.75) is 32.2 Å². The maximum Gasteiger partial charge on any atom is 0.231 e. The second-order valence-electron chi connectivity index (χ2n) is 7.81. The molecule has 2 aliphatic rings. The van der Waals surface area contributed by atoms with Crippen LogP contribution in [0.2, 0.25) is 0 Å². The number of carbonyl (C=O) groups is 1. The second-order valence-corrected chi connectivity index (χ2v) is 7.81. The number of likely N-dealkylation sites (tertiary alicyclic amines) is 1. The van der Waals surface area contributed by atoms with Gasteiger partial charge in [-0.05, 0) is 61.7 Å². The Hall–Kier alpha value is -2.60. The van der Waals surface area contributed by atoms with Gasteiger partial charge in [0.15, 0.2) is 11.5 Å². The zero-order chi connectivity index (χ0) is 20.2. The van der Waals surface area contributed by atoms with E-state index in [0.717, 1.165) is 30.2 Å². The minimum Gasteiger partial charge on any atom is -0.454 e. The molecular formula is C23H27FN2O3. The average Bonchev–Trinajstić information content (AvgIpc) is 3.41. The SMILES string of the molecule is CC(Cc1ccccc1F)C(=O)NCC(c1ccc2c(c1)OCO2)N1CCCC1. The number of rotatable bonds is 7. The number of nitrogens with one attached hydrogen (secondary N) is 1. The summed E-state index contributed by atoms with van der Waals surface area (Å²) in [6, 6.07) is 12.7. The molecule has 2 unspecified atom stereocenters. The van der Waals surface area contributed by atoms with Crippen molar-refractivity contribution in [3.05, 3.63) is 59.4 Å². The number of hydrogen-bond donors (Lipinski definition) is 1. The van der Waals surface area contributed by atoms with Crippen LogP contribution in [0.15, 0.2) is 42.5 Å². The molecule has 0 aliphatic carbocycles. The monoisotopic (exact) mass is 398 g/mol. The summed E-state index contributed by atoms with van der Waals surface area (Å²) in [5.41, 5.74) is 1.68. The molecule has 2 atom stereocenters. The van der Waals surface area contributed by atoms with Gasteiger partial charge in [-0.25, -0.2) is 4.39 Å². The molecule has 1 saturated heterocycles. The molecule has 29 heavy (non-hydrogen) atoms. The fourth-order valence-electron chi connectivity index (χ4n) is 4.09. The summed E-state index contributed by atoms with van der Waals surface area (Å²) >= 11 is 0. The zero-order valence-electron chi connectivity index (χ0n) is 16.7. The molecule has 5 nitrogen and oxygen atoms in total. The van der Waals surface area contributed by atoms with E-state index in [2.05, 4.69) is 10.2 Å². The topological polar surface area (TPSA) is 50.8 Å². The van der Waals surface area contributed by atoms with Gasteiger partial charge in [0.2, 0.25) is 12.7 Å². The third kappa shape index (κ3) is 4.53. The molecule has 1 fully saturated rings. The quantitative estimate of drug-likeness (QED) is 0.773. The Balaban J connectivity index is 1.42. The molecule has 2 heterocycles. The minimum absolute atomic E-state index is 0.0572. The summed E-state index contributed by atoms with van der Waals surface area (Å²) < 4.78 is 24.8. The number of hydrogen-bond acceptors (Lipinski definition) is 4. The van der Waals surface area contributed by atoms with Gasteiger partial charge in [0.05, 0.1) is 6.04 Å². The number of fused-ring (bicyclic) bond motifs is 1. The van der Waals surface area contributed by atoms with Crippen LogP contribution in [-0.2, 0) is 11.2 Å². The molecule has 4 rings (SSSR count). The highest BCUT2D eigenvalue weighted by Gasteiger charge is 2.26. The summed E-state index contributed by atoms with van der Waals surface area (Å²) in [6.07, 6.45) is 2.72. The van der Waals surface area contributed by atoms with Gasteiger partial charge in [0.25, 0.3) is 0 Å². The summed E-state index contributed by atoms with van der Waals surface area (Å²) in [5.74, 6) is 0.894. The predicted octanol–water partition coefficient (Wildman–Crippen LogP) is 3.69. The Kier molecular flexibility index (Phi) is 6.00. The molecule has 0 bridgehead atoms. The van der Waals surface area contributed by atoms with Gasteiger partial charge in [-0.3, -0.25) is 9.69 Å². The summed E-state index contributed by atoms with van der Waals surface area (Å²) in [5, 5.41) is 3.09. The van der Waals surface area contributed by atoms with Crippen LogP contribution >= 0.6 is 0 Å². The first-order valence-electron chi connectivity index (χ1n) is 10.3. The fraction of sp³-hybridized carbons (Fsp3) is 0.435. The van der Waals surface area contributed by atoms with Crippen LogP contribution in [-0.4, -0.2) is 37.2 Å². The van der Waals surface area contributed by atoms with Gasteiger partial charge in [-0.2, -0.15) is 0 Å². The van der Waals surface area contributed by atoms with E-state index in [4.69, 9.17) is 9.47 Å². The Bertz CT molecular complexity index is 867. The predicted molar refractivity (Wildman–Crippen MR) is 108 cm³/mol. The van der Waals surface area contributed by atoms with E-state index < -0.39 is 0 Å². The van der Waals surface area contributed by atoms with Crippen LogP contribution in [0.3, 0.4) is 0 Å². The minimum atomic E-state index is -0.303. The van der Waals surface area contributed by atoms with Gasteiger partial charge in [0.1, 0.15) is 5.82 Å². The molecule has 0 saturated carbocycles. The van der Waals surface area contributed by atoms with Crippen molar-refractivity contribution < 1.29 is 18.7 Å². The molecule has 154 valence electrons.